The highest BCUT2D eigenvalue weighted by Crippen LogP contribution is 2.19. The second-order valence-electron chi connectivity index (χ2n) is 4.83. The van der Waals surface area contributed by atoms with Gasteiger partial charge in [-0.05, 0) is 32.0 Å². The molecule has 3 aromatic rings. The van der Waals surface area contributed by atoms with Crippen molar-refractivity contribution < 1.29 is 4.79 Å². The molecule has 0 N–H and O–H groups in total. The van der Waals surface area contributed by atoms with E-state index in [0.717, 1.165) is 11.5 Å². The van der Waals surface area contributed by atoms with Gasteiger partial charge in [-0.1, -0.05) is 12.1 Å². The number of rotatable bonds is 4. The lowest BCUT2D eigenvalue weighted by atomic mass is 10.1. The standard InChI is InChI=1S/C15H15N5O/c1-11(20-8-4-7-17-20)15-18-16-10-19(15)14-6-3-5-13(9-14)12(2)21/h3-11H,1-2H3. The summed E-state index contributed by atoms with van der Waals surface area (Å²) in [5.74, 6) is 0.797. The van der Waals surface area contributed by atoms with Crippen molar-refractivity contribution in [3.63, 3.8) is 0 Å². The van der Waals surface area contributed by atoms with Gasteiger partial charge in [0.2, 0.25) is 0 Å². The lowest BCUT2D eigenvalue weighted by molar-refractivity contribution is 0.101. The fourth-order valence-corrected chi connectivity index (χ4v) is 2.23. The van der Waals surface area contributed by atoms with Crippen molar-refractivity contribution in [3.05, 3.63) is 60.4 Å². The smallest absolute Gasteiger partial charge is 0.162 e. The third-order valence-electron chi connectivity index (χ3n) is 3.40. The molecule has 6 nitrogen and oxygen atoms in total. The van der Waals surface area contributed by atoms with Crippen LogP contribution in [0.2, 0.25) is 0 Å². The first-order valence-electron chi connectivity index (χ1n) is 6.67. The molecule has 0 fully saturated rings. The zero-order chi connectivity index (χ0) is 14.8. The number of carbonyl (C=O) groups excluding carboxylic acids is 1. The molecule has 0 radical (unpaired) electrons. The van der Waals surface area contributed by atoms with Crippen molar-refractivity contribution in [1.82, 2.24) is 24.5 Å². The predicted octanol–water partition coefficient (Wildman–Crippen LogP) is 2.28. The molecule has 6 heteroatoms. The summed E-state index contributed by atoms with van der Waals surface area (Å²) in [5.41, 5.74) is 1.53. The molecule has 1 unspecified atom stereocenters. The minimum atomic E-state index is -0.0523. The number of ketones is 1. The maximum Gasteiger partial charge on any atom is 0.162 e. The molecule has 21 heavy (non-hydrogen) atoms. The molecule has 0 bridgehead atoms. The van der Waals surface area contributed by atoms with Gasteiger partial charge in [0.15, 0.2) is 11.6 Å². The molecule has 0 spiro atoms. The van der Waals surface area contributed by atoms with Gasteiger partial charge in [0.1, 0.15) is 12.4 Å². The van der Waals surface area contributed by atoms with Gasteiger partial charge in [0, 0.05) is 23.6 Å². The van der Waals surface area contributed by atoms with Crippen LogP contribution >= 0.6 is 0 Å². The van der Waals surface area contributed by atoms with E-state index in [0.29, 0.717) is 5.56 Å². The second-order valence-corrected chi connectivity index (χ2v) is 4.83. The zero-order valence-electron chi connectivity index (χ0n) is 11.8. The summed E-state index contributed by atoms with van der Waals surface area (Å²) in [7, 11) is 0. The molecule has 0 saturated heterocycles. The summed E-state index contributed by atoms with van der Waals surface area (Å²) >= 11 is 0. The van der Waals surface area contributed by atoms with E-state index in [1.807, 2.05) is 46.6 Å². The third kappa shape index (κ3) is 2.47. The first-order chi connectivity index (χ1) is 10.2. The highest BCUT2D eigenvalue weighted by atomic mass is 16.1. The molecular formula is C15H15N5O. The molecule has 2 aromatic heterocycles. The lowest BCUT2D eigenvalue weighted by Gasteiger charge is -2.13. The maximum atomic E-state index is 11.5. The van der Waals surface area contributed by atoms with E-state index in [1.54, 1.807) is 25.5 Å². The molecular weight excluding hydrogens is 266 g/mol. The average Bonchev–Trinajstić information content (AvgIpc) is 3.18. The fourth-order valence-electron chi connectivity index (χ4n) is 2.23. The number of Topliss-reactive ketones (excluding diaryl/α,β-unsaturated/α-hetero) is 1. The lowest BCUT2D eigenvalue weighted by Crippen LogP contribution is -2.13. The number of benzene rings is 1. The van der Waals surface area contributed by atoms with Gasteiger partial charge in [-0.2, -0.15) is 5.10 Å². The molecule has 0 aliphatic rings. The fraction of sp³-hybridized carbons (Fsp3) is 0.200. The van der Waals surface area contributed by atoms with Gasteiger partial charge < -0.3 is 0 Å². The Morgan fingerprint density at radius 2 is 2.14 bits per heavy atom. The van der Waals surface area contributed by atoms with E-state index in [9.17, 15) is 4.79 Å². The van der Waals surface area contributed by atoms with Crippen molar-refractivity contribution in [2.24, 2.45) is 0 Å². The Balaban J connectivity index is 2.03. The van der Waals surface area contributed by atoms with Crippen LogP contribution in [0, 0.1) is 0 Å². The van der Waals surface area contributed by atoms with Gasteiger partial charge >= 0.3 is 0 Å². The van der Waals surface area contributed by atoms with E-state index in [4.69, 9.17) is 0 Å². The van der Waals surface area contributed by atoms with Crippen LogP contribution in [0.5, 0.6) is 0 Å². The molecule has 1 aromatic carbocycles. The highest BCUT2D eigenvalue weighted by molar-refractivity contribution is 5.94. The Bertz CT molecular complexity index is 760. The van der Waals surface area contributed by atoms with Gasteiger partial charge in [-0.15, -0.1) is 10.2 Å². The first-order valence-corrected chi connectivity index (χ1v) is 6.67. The summed E-state index contributed by atoms with van der Waals surface area (Å²) in [6.45, 7) is 3.56. The molecule has 0 aliphatic carbocycles. The number of hydrogen-bond donors (Lipinski definition) is 0. The van der Waals surface area contributed by atoms with Crippen molar-refractivity contribution in [1.29, 1.82) is 0 Å². The van der Waals surface area contributed by atoms with Crippen LogP contribution in [0.3, 0.4) is 0 Å². The Morgan fingerprint density at radius 1 is 1.29 bits per heavy atom. The summed E-state index contributed by atoms with van der Waals surface area (Å²) in [5, 5.41) is 12.4. The van der Waals surface area contributed by atoms with Crippen LogP contribution in [-0.2, 0) is 0 Å². The highest BCUT2D eigenvalue weighted by Gasteiger charge is 2.16. The number of nitrogens with zero attached hydrogens (tertiary/aromatic N) is 5. The maximum absolute atomic E-state index is 11.5. The zero-order valence-corrected chi connectivity index (χ0v) is 11.8. The third-order valence-corrected chi connectivity index (χ3v) is 3.40. The van der Waals surface area contributed by atoms with Crippen molar-refractivity contribution in [2.45, 2.75) is 19.9 Å². The Kier molecular flexibility index (Phi) is 3.35. The second kappa shape index (κ2) is 5.32. The van der Waals surface area contributed by atoms with E-state index in [2.05, 4.69) is 15.3 Å². The number of hydrogen-bond acceptors (Lipinski definition) is 4. The largest absolute Gasteiger partial charge is 0.295 e. The monoisotopic (exact) mass is 281 g/mol. The van der Waals surface area contributed by atoms with Crippen LogP contribution in [0.1, 0.15) is 36.1 Å². The average molecular weight is 281 g/mol. The minimum absolute atomic E-state index is 0.0339. The topological polar surface area (TPSA) is 65.6 Å². The van der Waals surface area contributed by atoms with Crippen molar-refractivity contribution in [2.75, 3.05) is 0 Å². The van der Waals surface area contributed by atoms with Gasteiger partial charge in [0.25, 0.3) is 0 Å². The summed E-state index contributed by atoms with van der Waals surface area (Å²) in [6, 6.07) is 9.23. The summed E-state index contributed by atoms with van der Waals surface area (Å²) < 4.78 is 3.69. The van der Waals surface area contributed by atoms with E-state index >= 15 is 0 Å². The minimum Gasteiger partial charge on any atom is -0.295 e. The van der Waals surface area contributed by atoms with E-state index in [-0.39, 0.29) is 11.8 Å². The normalized spacial score (nSPS) is 12.3. The van der Waals surface area contributed by atoms with Crippen molar-refractivity contribution in [3.8, 4) is 5.69 Å². The molecule has 2 heterocycles. The Morgan fingerprint density at radius 3 is 2.86 bits per heavy atom. The van der Waals surface area contributed by atoms with Gasteiger partial charge in [-0.25, -0.2) is 0 Å². The van der Waals surface area contributed by atoms with E-state index < -0.39 is 0 Å². The molecule has 0 aliphatic heterocycles. The molecule has 3 rings (SSSR count). The number of aromatic nitrogens is 5. The van der Waals surface area contributed by atoms with Crippen LogP contribution < -0.4 is 0 Å². The van der Waals surface area contributed by atoms with E-state index in [1.165, 1.54) is 0 Å². The molecule has 0 amide bonds. The summed E-state index contributed by atoms with van der Waals surface area (Å²) in [6.07, 6.45) is 5.26. The van der Waals surface area contributed by atoms with Crippen LogP contribution in [-0.4, -0.2) is 30.3 Å². The Hall–Kier alpha value is -2.76. The SMILES string of the molecule is CC(=O)c1cccc(-n2cnnc2C(C)n2cccn2)c1. The molecule has 1 atom stereocenters. The first kappa shape index (κ1) is 13.2. The van der Waals surface area contributed by atoms with Crippen LogP contribution in [0.4, 0.5) is 0 Å². The quantitative estimate of drug-likeness (QED) is 0.688. The van der Waals surface area contributed by atoms with Gasteiger partial charge in [-0.3, -0.25) is 14.0 Å². The number of carbonyl (C=O) groups is 1. The van der Waals surface area contributed by atoms with Crippen LogP contribution in [0.25, 0.3) is 5.69 Å². The molecule has 0 saturated carbocycles. The predicted molar refractivity (Wildman–Crippen MR) is 77.4 cm³/mol. The van der Waals surface area contributed by atoms with Gasteiger partial charge in [0.05, 0.1) is 0 Å². The van der Waals surface area contributed by atoms with Crippen LogP contribution in [0.15, 0.2) is 49.1 Å². The Labute approximate surface area is 122 Å². The van der Waals surface area contributed by atoms with Crippen molar-refractivity contribution >= 4 is 5.78 Å². The summed E-state index contributed by atoms with van der Waals surface area (Å²) in [4.78, 5) is 11.5. The molecule has 106 valence electrons.